The Morgan fingerprint density at radius 2 is 1.73 bits per heavy atom. The number of ether oxygens (including phenoxy) is 1. The maximum absolute atomic E-state index is 5.82. The van der Waals surface area contributed by atoms with Gasteiger partial charge in [-0.1, -0.05) is 54.6 Å². The zero-order chi connectivity index (χ0) is 22.8. The average Bonchev–Trinajstić information content (AvgIpc) is 3.28. The smallest absolute Gasteiger partial charge is 0.143 e. The summed E-state index contributed by atoms with van der Waals surface area (Å²) in [5, 5.41) is 2.48. The number of imidazole rings is 1. The number of nitrogens with zero attached hydrogens (tertiary/aromatic N) is 3. The molecule has 0 bridgehead atoms. The van der Waals surface area contributed by atoms with Crippen LogP contribution in [0.5, 0.6) is 5.75 Å². The van der Waals surface area contributed by atoms with Crippen LogP contribution in [0.15, 0.2) is 85.2 Å². The number of methoxy groups -OCH3 is 1. The molecule has 0 saturated carbocycles. The van der Waals surface area contributed by atoms with Gasteiger partial charge in [0.15, 0.2) is 0 Å². The van der Waals surface area contributed by atoms with Crippen LogP contribution in [-0.4, -0.2) is 21.6 Å². The van der Waals surface area contributed by atoms with Crippen molar-refractivity contribution in [2.45, 2.75) is 19.8 Å². The molecule has 0 spiro atoms. The van der Waals surface area contributed by atoms with Crippen LogP contribution in [-0.2, 0) is 19.9 Å². The number of hydrogen-bond acceptors (Lipinski definition) is 3. The van der Waals surface area contributed by atoms with Crippen molar-refractivity contribution in [3.8, 4) is 28.4 Å². The molecule has 0 atom stereocenters. The predicted octanol–water partition coefficient (Wildman–Crippen LogP) is 6.40. The molecule has 3 aromatic carbocycles. The van der Waals surface area contributed by atoms with E-state index in [-0.39, 0.29) is 0 Å². The highest BCUT2D eigenvalue weighted by atomic mass is 16.5. The van der Waals surface area contributed by atoms with Crippen LogP contribution in [0.1, 0.15) is 16.8 Å². The standard InChI is InChI=1S/C29H27N3O/c1-20-11-15-25(31-27(20)24-13-12-21-7-4-5-8-23(21)19-24)16-14-22-9-6-10-26(28(22)33-3)29-30-17-18-32(29)2/h4-13,15,17-19H,14,16H2,1-3H3. The molecule has 33 heavy (non-hydrogen) atoms. The highest BCUT2D eigenvalue weighted by Gasteiger charge is 2.15. The average molecular weight is 434 g/mol. The third-order valence-electron chi connectivity index (χ3n) is 6.19. The van der Waals surface area contributed by atoms with E-state index in [0.29, 0.717) is 0 Å². The van der Waals surface area contributed by atoms with E-state index in [4.69, 9.17) is 9.72 Å². The van der Waals surface area contributed by atoms with Gasteiger partial charge in [0.25, 0.3) is 0 Å². The molecule has 164 valence electrons. The van der Waals surface area contributed by atoms with Gasteiger partial charge in [0.1, 0.15) is 11.6 Å². The molecule has 0 saturated heterocycles. The van der Waals surface area contributed by atoms with Crippen molar-refractivity contribution in [1.29, 1.82) is 0 Å². The van der Waals surface area contributed by atoms with Crippen molar-refractivity contribution >= 4 is 10.8 Å². The van der Waals surface area contributed by atoms with E-state index in [2.05, 4.69) is 84.7 Å². The molecule has 4 heteroatoms. The number of rotatable bonds is 6. The summed E-state index contributed by atoms with van der Waals surface area (Å²) in [6.45, 7) is 2.13. The highest BCUT2D eigenvalue weighted by molar-refractivity contribution is 5.87. The first-order valence-corrected chi connectivity index (χ1v) is 11.2. The van der Waals surface area contributed by atoms with Gasteiger partial charge in [-0.05, 0) is 59.9 Å². The van der Waals surface area contributed by atoms with Crippen molar-refractivity contribution in [2.24, 2.45) is 7.05 Å². The second kappa shape index (κ2) is 8.91. The minimum atomic E-state index is 0.835. The van der Waals surface area contributed by atoms with Crippen molar-refractivity contribution in [2.75, 3.05) is 7.11 Å². The van der Waals surface area contributed by atoms with E-state index in [9.17, 15) is 0 Å². The molecule has 0 amide bonds. The van der Waals surface area contributed by atoms with Crippen molar-refractivity contribution < 1.29 is 4.74 Å². The lowest BCUT2D eigenvalue weighted by atomic mass is 10.00. The van der Waals surface area contributed by atoms with E-state index in [1.54, 1.807) is 7.11 Å². The Labute approximate surface area is 194 Å². The molecular weight excluding hydrogens is 406 g/mol. The fourth-order valence-corrected chi connectivity index (χ4v) is 4.42. The van der Waals surface area contributed by atoms with E-state index >= 15 is 0 Å². The molecule has 2 aromatic heterocycles. The van der Waals surface area contributed by atoms with Crippen molar-refractivity contribution in [3.05, 3.63) is 102 Å². The lowest BCUT2D eigenvalue weighted by Gasteiger charge is -2.14. The van der Waals surface area contributed by atoms with Gasteiger partial charge in [0, 0.05) is 30.7 Å². The van der Waals surface area contributed by atoms with E-state index < -0.39 is 0 Å². The first-order valence-electron chi connectivity index (χ1n) is 11.2. The fraction of sp³-hybridized carbons (Fsp3) is 0.172. The Hall–Kier alpha value is -3.92. The Bertz CT molecular complexity index is 1430. The quantitative estimate of drug-likeness (QED) is 0.311. The van der Waals surface area contributed by atoms with E-state index in [1.165, 1.54) is 16.3 Å². The molecular formula is C29H27N3O. The summed E-state index contributed by atoms with van der Waals surface area (Å²) in [5.74, 6) is 1.79. The van der Waals surface area contributed by atoms with Gasteiger partial charge in [-0.15, -0.1) is 0 Å². The van der Waals surface area contributed by atoms with Crippen LogP contribution in [0.2, 0.25) is 0 Å². The van der Waals surface area contributed by atoms with E-state index in [0.717, 1.165) is 52.5 Å². The lowest BCUT2D eigenvalue weighted by molar-refractivity contribution is 0.410. The summed E-state index contributed by atoms with van der Waals surface area (Å²) in [7, 11) is 3.73. The van der Waals surface area contributed by atoms with Crippen molar-refractivity contribution in [3.63, 3.8) is 0 Å². The van der Waals surface area contributed by atoms with Gasteiger partial charge < -0.3 is 9.30 Å². The first kappa shape index (κ1) is 21.0. The molecule has 0 aliphatic carbocycles. The molecule has 5 aromatic rings. The number of aryl methyl sites for hydroxylation is 4. The second-order valence-electron chi connectivity index (χ2n) is 8.39. The summed E-state index contributed by atoms with van der Waals surface area (Å²) in [4.78, 5) is 9.55. The molecule has 4 nitrogen and oxygen atoms in total. The van der Waals surface area contributed by atoms with Gasteiger partial charge in [0.2, 0.25) is 0 Å². The maximum atomic E-state index is 5.82. The number of pyridine rings is 1. The molecule has 0 aliphatic heterocycles. The third kappa shape index (κ3) is 4.12. The highest BCUT2D eigenvalue weighted by Crippen LogP contribution is 2.33. The van der Waals surface area contributed by atoms with Crippen LogP contribution in [0.25, 0.3) is 33.4 Å². The van der Waals surface area contributed by atoms with Gasteiger partial charge in [0.05, 0.1) is 18.4 Å². The van der Waals surface area contributed by atoms with Crippen LogP contribution in [0, 0.1) is 6.92 Å². The Kier molecular flexibility index (Phi) is 5.66. The summed E-state index contributed by atoms with van der Waals surface area (Å²) in [6.07, 6.45) is 5.44. The summed E-state index contributed by atoms with van der Waals surface area (Å²) in [5.41, 5.74) is 6.63. The number of fused-ring (bicyclic) bond motifs is 1. The zero-order valence-electron chi connectivity index (χ0n) is 19.2. The molecule has 0 fully saturated rings. The maximum Gasteiger partial charge on any atom is 0.143 e. The summed E-state index contributed by atoms with van der Waals surface area (Å²) in [6, 6.07) is 25.6. The zero-order valence-corrected chi connectivity index (χ0v) is 19.2. The van der Waals surface area contributed by atoms with Gasteiger partial charge >= 0.3 is 0 Å². The molecule has 0 N–H and O–H groups in total. The normalized spacial score (nSPS) is 11.1. The predicted molar refractivity (Wildman–Crippen MR) is 135 cm³/mol. The Balaban J connectivity index is 1.43. The van der Waals surface area contributed by atoms with Crippen LogP contribution in [0.3, 0.4) is 0 Å². The third-order valence-corrected chi connectivity index (χ3v) is 6.19. The van der Waals surface area contributed by atoms with Crippen LogP contribution < -0.4 is 4.74 Å². The fourth-order valence-electron chi connectivity index (χ4n) is 4.42. The molecule has 0 radical (unpaired) electrons. The number of benzene rings is 3. The van der Waals surface area contributed by atoms with Gasteiger partial charge in [-0.25, -0.2) is 4.98 Å². The second-order valence-corrected chi connectivity index (χ2v) is 8.39. The molecule has 0 unspecified atom stereocenters. The van der Waals surface area contributed by atoms with Crippen LogP contribution in [0.4, 0.5) is 0 Å². The van der Waals surface area contributed by atoms with Gasteiger partial charge in [-0.2, -0.15) is 0 Å². The number of para-hydroxylation sites is 1. The van der Waals surface area contributed by atoms with Crippen LogP contribution >= 0.6 is 0 Å². The van der Waals surface area contributed by atoms with Gasteiger partial charge in [-0.3, -0.25) is 4.98 Å². The molecule has 5 rings (SSSR count). The Morgan fingerprint density at radius 3 is 2.52 bits per heavy atom. The first-order chi connectivity index (χ1) is 16.1. The largest absolute Gasteiger partial charge is 0.496 e. The minimum absolute atomic E-state index is 0.835. The van der Waals surface area contributed by atoms with E-state index in [1.807, 2.05) is 24.0 Å². The monoisotopic (exact) mass is 433 g/mol. The SMILES string of the molecule is COc1c(CCc2ccc(C)c(-c3ccc4ccccc4c3)n2)cccc1-c1nccn1C. The minimum Gasteiger partial charge on any atom is -0.496 e. The topological polar surface area (TPSA) is 39.9 Å². The number of hydrogen-bond donors (Lipinski definition) is 0. The molecule has 0 aliphatic rings. The summed E-state index contributed by atoms with van der Waals surface area (Å²) < 4.78 is 7.84. The Morgan fingerprint density at radius 1 is 0.879 bits per heavy atom. The lowest BCUT2D eigenvalue weighted by Crippen LogP contribution is -2.02. The number of aromatic nitrogens is 3. The molecule has 2 heterocycles. The summed E-state index contributed by atoms with van der Waals surface area (Å²) >= 11 is 0. The van der Waals surface area contributed by atoms with Crippen molar-refractivity contribution in [1.82, 2.24) is 14.5 Å².